The molecule has 3 amide bonds. The number of nitrogens with zero attached hydrogens (tertiary/aromatic N) is 1. The van der Waals surface area contributed by atoms with Crippen molar-refractivity contribution in [2.45, 2.75) is 89.3 Å². The molecule has 0 bridgehead atoms. The average molecular weight is 577 g/mol. The Kier molecular flexibility index (Phi) is 11.4. The van der Waals surface area contributed by atoms with Gasteiger partial charge in [0.15, 0.2) is 0 Å². The monoisotopic (exact) mass is 576 g/mol. The smallest absolute Gasteiger partial charge is 0.408 e. The van der Waals surface area contributed by atoms with Crippen LogP contribution in [0.15, 0.2) is 60.7 Å². The van der Waals surface area contributed by atoms with Gasteiger partial charge in [-0.05, 0) is 95.9 Å². The van der Waals surface area contributed by atoms with E-state index >= 15 is 0 Å². The van der Waals surface area contributed by atoms with E-state index in [1.165, 1.54) is 12.8 Å². The van der Waals surface area contributed by atoms with E-state index in [9.17, 15) is 14.4 Å². The topological polar surface area (TPSA) is 99.8 Å². The minimum atomic E-state index is -0.960. The number of alkyl carbamates (subject to hydrolysis) is 1. The van der Waals surface area contributed by atoms with Crippen molar-refractivity contribution in [1.29, 1.82) is 0 Å². The number of carbonyl (C=O) groups excluding carboxylic acids is 3. The van der Waals surface area contributed by atoms with Crippen molar-refractivity contribution in [3.05, 3.63) is 71.8 Å². The molecule has 42 heavy (non-hydrogen) atoms. The largest absolute Gasteiger partial charge is 0.444 e. The van der Waals surface area contributed by atoms with Gasteiger partial charge >= 0.3 is 6.09 Å². The lowest BCUT2D eigenvalue weighted by Gasteiger charge is -2.39. The summed E-state index contributed by atoms with van der Waals surface area (Å²) in [4.78, 5) is 42.8. The maximum absolute atomic E-state index is 14.5. The van der Waals surface area contributed by atoms with Gasteiger partial charge in [0.1, 0.15) is 17.7 Å². The Bertz CT molecular complexity index is 1110. The van der Waals surface area contributed by atoms with Crippen molar-refractivity contribution in [3.63, 3.8) is 0 Å². The van der Waals surface area contributed by atoms with Crippen molar-refractivity contribution in [1.82, 2.24) is 20.9 Å². The van der Waals surface area contributed by atoms with Crippen LogP contribution >= 0.6 is 0 Å². The summed E-state index contributed by atoms with van der Waals surface area (Å²) < 4.78 is 5.61. The Morgan fingerprint density at radius 3 is 2.14 bits per heavy atom. The summed E-state index contributed by atoms with van der Waals surface area (Å²) in [5.41, 5.74) is 1.07. The third kappa shape index (κ3) is 9.05. The number of ether oxygens (including phenoxy) is 1. The molecule has 2 saturated heterocycles. The van der Waals surface area contributed by atoms with Gasteiger partial charge in [-0.2, -0.15) is 0 Å². The number of amides is 3. The Morgan fingerprint density at radius 2 is 1.55 bits per heavy atom. The van der Waals surface area contributed by atoms with Crippen LogP contribution in [-0.4, -0.2) is 66.7 Å². The molecular formula is C34H48N4O4. The predicted molar refractivity (Wildman–Crippen MR) is 165 cm³/mol. The number of piperidine rings is 2. The second kappa shape index (κ2) is 15.2. The second-order valence-electron chi connectivity index (χ2n) is 12.6. The van der Waals surface area contributed by atoms with Crippen LogP contribution in [0.1, 0.15) is 82.8 Å². The highest BCUT2D eigenvalue weighted by Gasteiger charge is 2.41. The summed E-state index contributed by atoms with van der Waals surface area (Å²) in [6.07, 6.45) is 6.05. The lowest BCUT2D eigenvalue weighted by molar-refractivity contribution is -0.144. The van der Waals surface area contributed by atoms with E-state index in [0.29, 0.717) is 25.4 Å². The molecule has 0 aliphatic carbocycles. The van der Waals surface area contributed by atoms with E-state index in [-0.39, 0.29) is 11.8 Å². The first-order valence-electron chi connectivity index (χ1n) is 15.6. The number of carbonyl (C=O) groups is 3. The van der Waals surface area contributed by atoms with Gasteiger partial charge in [-0.15, -0.1) is 0 Å². The molecule has 228 valence electrons. The van der Waals surface area contributed by atoms with E-state index in [1.54, 1.807) is 25.7 Å². The zero-order valence-corrected chi connectivity index (χ0v) is 25.4. The molecule has 2 aromatic rings. The molecular weight excluding hydrogens is 528 g/mol. The quantitative estimate of drug-likeness (QED) is 0.346. The normalized spacial score (nSPS) is 18.8. The Labute approximate surface area is 251 Å². The standard InChI is InChI=1S/C34H48N4O4/c1-34(2,3)42-33(41)37-30(29(26-14-6-4-7-15-26)27-16-8-5-9-17-27)32(40)38-24-11-10-18-28(38)31(39)36-21-12-13-25-19-22-35-23-20-25/h4-9,14-17,25,28-30,35H,10-13,18-24H2,1-3H3,(H,36,39)(H,37,41)/t28?,30-/m1/s1. The Hall–Kier alpha value is -3.39. The summed E-state index contributed by atoms with van der Waals surface area (Å²) in [7, 11) is 0. The Morgan fingerprint density at radius 1 is 0.929 bits per heavy atom. The molecule has 3 N–H and O–H groups in total. The molecule has 2 fully saturated rings. The predicted octanol–water partition coefficient (Wildman–Crippen LogP) is 4.99. The molecule has 8 heteroatoms. The highest BCUT2D eigenvalue weighted by atomic mass is 16.6. The number of benzene rings is 2. The molecule has 2 aliphatic heterocycles. The molecule has 2 atom stereocenters. The van der Waals surface area contributed by atoms with Crippen LogP contribution in [0.2, 0.25) is 0 Å². The van der Waals surface area contributed by atoms with Crippen LogP contribution in [0, 0.1) is 5.92 Å². The van der Waals surface area contributed by atoms with Crippen LogP contribution in [0.3, 0.4) is 0 Å². The summed E-state index contributed by atoms with van der Waals surface area (Å²) in [5.74, 6) is -0.139. The third-order valence-corrected chi connectivity index (χ3v) is 8.22. The van der Waals surface area contributed by atoms with E-state index in [4.69, 9.17) is 4.74 Å². The lowest BCUT2D eigenvalue weighted by Crippen LogP contribution is -2.59. The second-order valence-corrected chi connectivity index (χ2v) is 12.6. The minimum Gasteiger partial charge on any atom is -0.444 e. The highest BCUT2D eigenvalue weighted by molar-refractivity contribution is 5.92. The molecule has 0 saturated carbocycles. The van der Waals surface area contributed by atoms with Crippen LogP contribution in [0.25, 0.3) is 0 Å². The third-order valence-electron chi connectivity index (χ3n) is 8.22. The fourth-order valence-corrected chi connectivity index (χ4v) is 6.16. The van der Waals surface area contributed by atoms with Gasteiger partial charge in [-0.1, -0.05) is 60.7 Å². The first kappa shape index (κ1) is 31.5. The maximum atomic E-state index is 14.5. The van der Waals surface area contributed by atoms with Gasteiger partial charge < -0.3 is 25.6 Å². The highest BCUT2D eigenvalue weighted by Crippen LogP contribution is 2.31. The molecule has 1 unspecified atom stereocenters. The van der Waals surface area contributed by atoms with Crippen molar-refractivity contribution >= 4 is 17.9 Å². The van der Waals surface area contributed by atoms with E-state index < -0.39 is 29.7 Å². The molecule has 0 radical (unpaired) electrons. The lowest BCUT2D eigenvalue weighted by atomic mass is 9.83. The van der Waals surface area contributed by atoms with Gasteiger partial charge in [-0.25, -0.2) is 4.79 Å². The molecule has 4 rings (SSSR count). The summed E-state index contributed by atoms with van der Waals surface area (Å²) in [6, 6.07) is 17.9. The number of hydrogen-bond donors (Lipinski definition) is 3. The zero-order valence-electron chi connectivity index (χ0n) is 25.4. The molecule has 2 aliphatic rings. The summed E-state index contributed by atoms with van der Waals surface area (Å²) >= 11 is 0. The van der Waals surface area contributed by atoms with E-state index in [2.05, 4.69) is 16.0 Å². The molecule has 2 aromatic carbocycles. The van der Waals surface area contributed by atoms with Crippen molar-refractivity contribution in [3.8, 4) is 0 Å². The van der Waals surface area contributed by atoms with Crippen LogP contribution in [0.4, 0.5) is 4.79 Å². The molecule has 8 nitrogen and oxygen atoms in total. The van der Waals surface area contributed by atoms with Crippen molar-refractivity contribution < 1.29 is 19.1 Å². The van der Waals surface area contributed by atoms with Gasteiger partial charge in [0.2, 0.25) is 11.8 Å². The van der Waals surface area contributed by atoms with Crippen molar-refractivity contribution in [2.24, 2.45) is 5.92 Å². The fourth-order valence-electron chi connectivity index (χ4n) is 6.16. The van der Waals surface area contributed by atoms with Gasteiger partial charge in [0.25, 0.3) is 0 Å². The number of rotatable bonds is 10. The molecule has 2 heterocycles. The minimum absolute atomic E-state index is 0.111. The van der Waals surface area contributed by atoms with Gasteiger partial charge in [-0.3, -0.25) is 9.59 Å². The van der Waals surface area contributed by atoms with Gasteiger partial charge in [0.05, 0.1) is 0 Å². The van der Waals surface area contributed by atoms with Crippen LogP contribution in [-0.2, 0) is 14.3 Å². The van der Waals surface area contributed by atoms with Crippen LogP contribution < -0.4 is 16.0 Å². The van der Waals surface area contributed by atoms with Crippen molar-refractivity contribution in [2.75, 3.05) is 26.2 Å². The van der Waals surface area contributed by atoms with E-state index in [1.807, 2.05) is 60.7 Å². The number of likely N-dealkylation sites (tertiary alicyclic amines) is 1. The van der Waals surface area contributed by atoms with E-state index in [0.717, 1.165) is 49.9 Å². The summed E-state index contributed by atoms with van der Waals surface area (Å²) in [6.45, 7) is 8.61. The number of hydrogen-bond acceptors (Lipinski definition) is 5. The summed E-state index contributed by atoms with van der Waals surface area (Å²) in [5, 5.41) is 9.45. The van der Waals surface area contributed by atoms with Gasteiger partial charge in [0, 0.05) is 19.0 Å². The zero-order chi connectivity index (χ0) is 30.0. The molecule has 0 aromatic heterocycles. The first-order chi connectivity index (χ1) is 20.2. The first-order valence-corrected chi connectivity index (χ1v) is 15.6. The SMILES string of the molecule is CC(C)(C)OC(=O)N[C@@H](C(=O)N1CCCCC1C(=O)NCCCC1CCNCC1)C(c1ccccc1)c1ccccc1. The fraction of sp³-hybridized carbons (Fsp3) is 0.559. The van der Waals surface area contributed by atoms with Crippen LogP contribution in [0.5, 0.6) is 0 Å². The Balaban J connectivity index is 1.56. The average Bonchev–Trinajstić information content (AvgIpc) is 2.99. The number of nitrogens with one attached hydrogen (secondary N) is 3. The molecule has 0 spiro atoms. The maximum Gasteiger partial charge on any atom is 0.408 e.